The first-order chi connectivity index (χ1) is 13.9. The summed E-state index contributed by atoms with van der Waals surface area (Å²) in [5.41, 5.74) is -0.361. The number of carboxylic acids is 1. The maximum absolute atomic E-state index is 12.4. The van der Waals surface area contributed by atoms with Crippen molar-refractivity contribution in [1.29, 1.82) is 0 Å². The predicted molar refractivity (Wildman–Crippen MR) is 123 cm³/mol. The lowest BCUT2D eigenvalue weighted by Crippen LogP contribution is -2.58. The van der Waals surface area contributed by atoms with Crippen LogP contribution in [0.1, 0.15) is 61.8 Å². The van der Waals surface area contributed by atoms with Crippen LogP contribution in [0.2, 0.25) is 6.04 Å². The monoisotopic (exact) mass is 443 g/mol. The summed E-state index contributed by atoms with van der Waals surface area (Å²) in [5.74, 6) is -0.926. The van der Waals surface area contributed by atoms with Crippen LogP contribution in [0.25, 0.3) is 0 Å². The average Bonchev–Trinajstić information content (AvgIpc) is 2.64. The van der Waals surface area contributed by atoms with Gasteiger partial charge in [-0.3, -0.25) is 4.79 Å². The highest BCUT2D eigenvalue weighted by atomic mass is 28.4. The molecule has 0 heterocycles. The molecule has 0 amide bonds. The molecule has 7 heteroatoms. The fourth-order valence-electron chi connectivity index (χ4n) is 4.56. The number of aliphatic carboxylic acids is 1. The van der Waals surface area contributed by atoms with E-state index in [1.807, 2.05) is 13.8 Å². The van der Waals surface area contributed by atoms with Crippen LogP contribution in [0.4, 0.5) is 0 Å². The van der Waals surface area contributed by atoms with Gasteiger partial charge in [0.1, 0.15) is 0 Å². The van der Waals surface area contributed by atoms with Crippen molar-refractivity contribution in [2.45, 2.75) is 73.9 Å². The van der Waals surface area contributed by atoms with Crippen molar-refractivity contribution in [3.05, 3.63) is 12.2 Å². The van der Waals surface area contributed by atoms with Crippen molar-refractivity contribution in [3.63, 3.8) is 0 Å². The standard InChI is InChI=1S/C23H45NO5Si/c1-10-28-30(27-9,29-11-2)16-12-15-24-20-19(21(25)26)18(22(5,6)7)13-14-23(20,8)17(3)4/h13-14,17-20,24H,10-12,15-16H2,1-9H3,(H,25,26). The van der Waals surface area contributed by atoms with Gasteiger partial charge in [0, 0.05) is 37.8 Å². The number of allylic oxidation sites excluding steroid dienone is 1. The third-order valence-corrected chi connectivity index (χ3v) is 9.72. The summed E-state index contributed by atoms with van der Waals surface area (Å²) in [6.45, 7) is 18.6. The van der Waals surface area contributed by atoms with Crippen molar-refractivity contribution in [2.24, 2.45) is 28.6 Å². The van der Waals surface area contributed by atoms with E-state index in [2.05, 4.69) is 59.0 Å². The molecule has 0 spiro atoms. The molecule has 0 aromatic carbocycles. The van der Waals surface area contributed by atoms with Crippen LogP contribution >= 0.6 is 0 Å². The van der Waals surface area contributed by atoms with Crippen LogP contribution in [0.15, 0.2) is 12.2 Å². The quantitative estimate of drug-likeness (QED) is 0.261. The lowest BCUT2D eigenvalue weighted by Gasteiger charge is -2.50. The average molecular weight is 444 g/mol. The van der Waals surface area contributed by atoms with Gasteiger partial charge in [-0.15, -0.1) is 0 Å². The minimum atomic E-state index is -2.67. The molecular formula is C23H45NO5Si. The molecular weight excluding hydrogens is 398 g/mol. The van der Waals surface area contributed by atoms with Crippen LogP contribution in [0.5, 0.6) is 0 Å². The summed E-state index contributed by atoms with van der Waals surface area (Å²) < 4.78 is 17.4. The highest BCUT2D eigenvalue weighted by molar-refractivity contribution is 6.60. The van der Waals surface area contributed by atoms with Crippen LogP contribution < -0.4 is 5.32 Å². The largest absolute Gasteiger partial charge is 0.500 e. The number of nitrogens with one attached hydrogen (secondary N) is 1. The first-order valence-electron chi connectivity index (χ1n) is 11.4. The molecule has 30 heavy (non-hydrogen) atoms. The Morgan fingerprint density at radius 3 is 2.20 bits per heavy atom. The van der Waals surface area contributed by atoms with E-state index in [1.165, 1.54) is 0 Å². The highest BCUT2D eigenvalue weighted by Crippen LogP contribution is 2.47. The van der Waals surface area contributed by atoms with Crippen molar-refractivity contribution in [3.8, 4) is 0 Å². The SMILES string of the molecule is CCO[Si](CCCNC1C(C(=O)O)C(C(C)(C)C)C=CC1(C)C(C)C)(OC)OCC. The molecule has 0 aliphatic heterocycles. The normalized spacial score (nSPS) is 27.6. The minimum Gasteiger partial charge on any atom is -0.481 e. The van der Waals surface area contributed by atoms with Crippen LogP contribution in [-0.4, -0.2) is 52.8 Å². The summed E-state index contributed by atoms with van der Waals surface area (Å²) in [6, 6.07) is 0.557. The Morgan fingerprint density at radius 1 is 1.23 bits per heavy atom. The number of rotatable bonds is 12. The smallest absolute Gasteiger partial charge is 0.481 e. The van der Waals surface area contributed by atoms with Gasteiger partial charge in [0.05, 0.1) is 5.92 Å². The van der Waals surface area contributed by atoms with Gasteiger partial charge in [0.15, 0.2) is 0 Å². The Morgan fingerprint density at radius 2 is 1.80 bits per heavy atom. The van der Waals surface area contributed by atoms with E-state index in [9.17, 15) is 9.90 Å². The molecule has 0 aromatic rings. The Kier molecular flexibility index (Phi) is 10.2. The van der Waals surface area contributed by atoms with E-state index < -0.39 is 20.7 Å². The molecule has 0 aromatic heterocycles. The van der Waals surface area contributed by atoms with E-state index in [-0.39, 0.29) is 22.8 Å². The van der Waals surface area contributed by atoms with Crippen LogP contribution in [0, 0.1) is 28.6 Å². The van der Waals surface area contributed by atoms with Crippen LogP contribution in [-0.2, 0) is 18.1 Å². The second-order valence-corrected chi connectivity index (χ2v) is 12.8. The van der Waals surface area contributed by atoms with E-state index in [0.717, 1.165) is 6.42 Å². The van der Waals surface area contributed by atoms with E-state index >= 15 is 0 Å². The van der Waals surface area contributed by atoms with Crippen LogP contribution in [0.3, 0.4) is 0 Å². The van der Waals surface area contributed by atoms with Crippen molar-refractivity contribution >= 4 is 14.8 Å². The van der Waals surface area contributed by atoms with Gasteiger partial charge in [-0.25, -0.2) is 0 Å². The van der Waals surface area contributed by atoms with Crippen molar-refractivity contribution < 1.29 is 23.2 Å². The molecule has 6 nitrogen and oxygen atoms in total. The third-order valence-electron chi connectivity index (χ3n) is 6.67. The zero-order chi connectivity index (χ0) is 23.2. The van der Waals surface area contributed by atoms with Gasteiger partial charge in [-0.1, -0.05) is 53.7 Å². The maximum Gasteiger partial charge on any atom is 0.500 e. The number of hydrogen-bond donors (Lipinski definition) is 2. The third kappa shape index (κ3) is 6.39. The predicted octanol–water partition coefficient (Wildman–Crippen LogP) is 4.59. The summed E-state index contributed by atoms with van der Waals surface area (Å²) in [7, 11) is -1.01. The van der Waals surface area contributed by atoms with Gasteiger partial charge in [0.25, 0.3) is 0 Å². The summed E-state index contributed by atoms with van der Waals surface area (Å²) in [4.78, 5) is 12.4. The van der Waals surface area contributed by atoms with E-state index in [4.69, 9.17) is 13.3 Å². The molecule has 0 bridgehead atoms. The molecule has 0 radical (unpaired) electrons. The van der Waals surface area contributed by atoms with Gasteiger partial charge in [0.2, 0.25) is 0 Å². The molecule has 0 saturated heterocycles. The molecule has 1 rings (SSSR count). The Bertz CT molecular complexity index is 568. The van der Waals surface area contributed by atoms with Crippen molar-refractivity contribution in [2.75, 3.05) is 26.9 Å². The second-order valence-electron chi connectivity index (χ2n) is 9.92. The zero-order valence-electron chi connectivity index (χ0n) is 20.6. The Labute approximate surface area is 185 Å². The zero-order valence-corrected chi connectivity index (χ0v) is 21.6. The van der Waals surface area contributed by atoms with Gasteiger partial charge in [-0.05, 0) is 44.1 Å². The Balaban J connectivity index is 3.03. The Hall–Kier alpha value is -0.733. The van der Waals surface area contributed by atoms with E-state index in [1.54, 1.807) is 7.11 Å². The van der Waals surface area contributed by atoms with Crippen molar-refractivity contribution in [1.82, 2.24) is 5.32 Å². The summed E-state index contributed by atoms with van der Waals surface area (Å²) in [5, 5.41) is 13.8. The molecule has 1 aliphatic carbocycles. The van der Waals surface area contributed by atoms with E-state index in [0.29, 0.717) is 31.7 Å². The molecule has 0 fully saturated rings. The maximum atomic E-state index is 12.4. The lowest BCUT2D eigenvalue weighted by molar-refractivity contribution is -0.148. The first kappa shape index (κ1) is 27.3. The number of carboxylic acid groups (broad SMARTS) is 1. The number of hydrogen-bond acceptors (Lipinski definition) is 5. The van der Waals surface area contributed by atoms with Gasteiger partial charge < -0.3 is 23.7 Å². The molecule has 176 valence electrons. The van der Waals surface area contributed by atoms with Gasteiger partial charge in [-0.2, -0.15) is 0 Å². The molecule has 1 aliphatic rings. The second kappa shape index (κ2) is 11.2. The summed E-state index contributed by atoms with van der Waals surface area (Å²) in [6.07, 6.45) is 5.20. The number of carbonyl (C=O) groups is 1. The molecule has 2 N–H and O–H groups in total. The fourth-order valence-corrected chi connectivity index (χ4v) is 6.86. The highest BCUT2D eigenvalue weighted by Gasteiger charge is 2.51. The molecule has 4 atom stereocenters. The summed E-state index contributed by atoms with van der Waals surface area (Å²) >= 11 is 0. The van der Waals surface area contributed by atoms with Gasteiger partial charge >= 0.3 is 14.8 Å². The first-order valence-corrected chi connectivity index (χ1v) is 13.3. The fraction of sp³-hybridized carbons (Fsp3) is 0.870. The topological polar surface area (TPSA) is 77.0 Å². The minimum absolute atomic E-state index is 0.0291. The molecule has 0 saturated carbocycles. The lowest BCUT2D eigenvalue weighted by atomic mass is 9.57. The molecule has 4 unspecified atom stereocenters.